The van der Waals surface area contributed by atoms with Crippen LogP contribution in [0.25, 0.3) is 0 Å². The monoisotopic (exact) mass is 232 g/mol. The van der Waals surface area contributed by atoms with Gasteiger partial charge in [-0.15, -0.1) is 0 Å². The molecule has 1 aliphatic heterocycles. The van der Waals surface area contributed by atoms with Gasteiger partial charge in [-0.3, -0.25) is 9.36 Å². The predicted octanol–water partition coefficient (Wildman–Crippen LogP) is 2.41. The summed E-state index contributed by atoms with van der Waals surface area (Å²) in [6.45, 7) is 2.15. The highest BCUT2D eigenvalue weighted by Gasteiger charge is 2.23. The summed E-state index contributed by atoms with van der Waals surface area (Å²) in [5.41, 5.74) is 2.38. The summed E-state index contributed by atoms with van der Waals surface area (Å²) in [7, 11) is 0. The van der Waals surface area contributed by atoms with E-state index in [2.05, 4.69) is 6.92 Å². The minimum absolute atomic E-state index is 0.263. The van der Waals surface area contributed by atoms with Crippen LogP contribution in [0.3, 0.4) is 0 Å². The molecule has 1 aromatic heterocycles. The third kappa shape index (κ3) is 1.81. The van der Waals surface area contributed by atoms with Gasteiger partial charge in [-0.05, 0) is 45.4 Å². The quantitative estimate of drug-likeness (QED) is 0.644. The molecule has 0 bridgehead atoms. The van der Waals surface area contributed by atoms with E-state index in [1.54, 1.807) is 0 Å². The Bertz CT molecular complexity index is 490. The molecule has 0 saturated heterocycles. The highest BCUT2D eigenvalue weighted by molar-refractivity contribution is 5.22. The first-order valence-electron chi connectivity index (χ1n) is 6.90. The van der Waals surface area contributed by atoms with Crippen LogP contribution in [0, 0.1) is 0 Å². The van der Waals surface area contributed by atoms with E-state index >= 15 is 0 Å². The maximum absolute atomic E-state index is 12.5. The molecular formula is C14H20N2O. The lowest BCUT2D eigenvalue weighted by Crippen LogP contribution is -2.34. The zero-order valence-corrected chi connectivity index (χ0v) is 10.5. The molecule has 92 valence electrons. The third-order valence-corrected chi connectivity index (χ3v) is 4.17. The molecule has 0 aromatic carbocycles. The summed E-state index contributed by atoms with van der Waals surface area (Å²) >= 11 is 0. The van der Waals surface area contributed by atoms with Crippen molar-refractivity contribution in [3.05, 3.63) is 27.4 Å². The van der Waals surface area contributed by atoms with Crippen molar-refractivity contribution in [2.75, 3.05) is 0 Å². The van der Waals surface area contributed by atoms with E-state index in [0.29, 0.717) is 6.04 Å². The van der Waals surface area contributed by atoms with E-state index in [-0.39, 0.29) is 5.56 Å². The van der Waals surface area contributed by atoms with Crippen molar-refractivity contribution in [3.63, 3.8) is 0 Å². The average molecular weight is 232 g/mol. The number of hydrogen-bond acceptors (Lipinski definition) is 2. The Morgan fingerprint density at radius 3 is 2.82 bits per heavy atom. The Balaban J connectivity index is 2.18. The molecule has 1 aromatic rings. The highest BCUT2D eigenvalue weighted by atomic mass is 16.1. The van der Waals surface area contributed by atoms with Gasteiger partial charge in [-0.1, -0.05) is 6.42 Å². The van der Waals surface area contributed by atoms with Gasteiger partial charge in [0.2, 0.25) is 0 Å². The van der Waals surface area contributed by atoms with Crippen LogP contribution in [0.2, 0.25) is 0 Å². The lowest BCUT2D eigenvalue weighted by atomic mass is 10.0. The molecule has 0 fully saturated rings. The fraction of sp³-hybridized carbons (Fsp3) is 0.714. The lowest BCUT2D eigenvalue weighted by Gasteiger charge is -2.25. The first-order chi connectivity index (χ1) is 8.27. The second-order valence-corrected chi connectivity index (χ2v) is 5.43. The normalized spacial score (nSPS) is 23.7. The Labute approximate surface area is 102 Å². The largest absolute Gasteiger partial charge is 0.294 e. The maximum atomic E-state index is 12.5. The van der Waals surface area contributed by atoms with Gasteiger partial charge in [0.25, 0.3) is 5.56 Å². The van der Waals surface area contributed by atoms with Gasteiger partial charge in [0.05, 0.1) is 5.69 Å². The van der Waals surface area contributed by atoms with E-state index in [9.17, 15) is 4.79 Å². The zero-order valence-electron chi connectivity index (χ0n) is 10.5. The summed E-state index contributed by atoms with van der Waals surface area (Å²) in [5.74, 6) is 1.04. The molecular weight excluding hydrogens is 212 g/mol. The van der Waals surface area contributed by atoms with Crippen molar-refractivity contribution in [1.29, 1.82) is 0 Å². The van der Waals surface area contributed by atoms with Crippen LogP contribution in [-0.2, 0) is 19.3 Å². The molecule has 1 unspecified atom stereocenters. The van der Waals surface area contributed by atoms with Gasteiger partial charge in [-0.25, -0.2) is 4.98 Å². The number of fused-ring (bicyclic) bond motifs is 2. The lowest BCUT2D eigenvalue weighted by molar-refractivity contribution is 0.400. The van der Waals surface area contributed by atoms with Crippen LogP contribution in [0.1, 0.15) is 62.2 Å². The summed E-state index contributed by atoms with van der Waals surface area (Å²) in [6, 6.07) is 0.340. The predicted molar refractivity (Wildman–Crippen MR) is 67.4 cm³/mol. The van der Waals surface area contributed by atoms with Gasteiger partial charge >= 0.3 is 0 Å². The van der Waals surface area contributed by atoms with Crippen molar-refractivity contribution in [1.82, 2.24) is 9.55 Å². The third-order valence-electron chi connectivity index (χ3n) is 4.17. The fourth-order valence-electron chi connectivity index (χ4n) is 3.21. The maximum Gasteiger partial charge on any atom is 0.257 e. The van der Waals surface area contributed by atoms with Gasteiger partial charge < -0.3 is 0 Å². The number of rotatable bonds is 0. The van der Waals surface area contributed by atoms with Crippen molar-refractivity contribution < 1.29 is 0 Å². The van der Waals surface area contributed by atoms with E-state index < -0.39 is 0 Å². The molecule has 3 rings (SSSR count). The number of aromatic nitrogens is 2. The Hall–Kier alpha value is -1.12. The summed E-state index contributed by atoms with van der Waals surface area (Å²) in [4.78, 5) is 17.3. The minimum atomic E-state index is 0.263. The number of nitrogens with zero attached hydrogens (tertiary/aromatic N) is 2. The molecule has 17 heavy (non-hydrogen) atoms. The Morgan fingerprint density at radius 1 is 1.12 bits per heavy atom. The van der Waals surface area contributed by atoms with Crippen LogP contribution in [0.5, 0.6) is 0 Å². The van der Waals surface area contributed by atoms with Gasteiger partial charge in [0.1, 0.15) is 5.82 Å². The van der Waals surface area contributed by atoms with Crippen LogP contribution < -0.4 is 5.56 Å². The van der Waals surface area contributed by atoms with Crippen molar-refractivity contribution in [2.45, 2.75) is 64.3 Å². The highest BCUT2D eigenvalue weighted by Crippen LogP contribution is 2.24. The molecule has 1 aliphatic carbocycles. The summed E-state index contributed by atoms with van der Waals surface area (Å²) in [6.07, 6.45) is 8.80. The second kappa shape index (κ2) is 4.28. The van der Waals surface area contributed by atoms with Gasteiger partial charge in [0, 0.05) is 18.0 Å². The molecule has 3 heteroatoms. The molecule has 2 aliphatic rings. The van der Waals surface area contributed by atoms with E-state index in [1.165, 1.54) is 19.3 Å². The van der Waals surface area contributed by atoms with Crippen molar-refractivity contribution in [3.8, 4) is 0 Å². The second-order valence-electron chi connectivity index (χ2n) is 5.43. The fourth-order valence-corrected chi connectivity index (χ4v) is 3.21. The SMILES string of the molecule is CC1CCCc2nc3c(c(=O)n21)CCCCC3. The Morgan fingerprint density at radius 2 is 1.94 bits per heavy atom. The average Bonchev–Trinajstić information content (AvgIpc) is 2.54. The van der Waals surface area contributed by atoms with E-state index in [4.69, 9.17) is 4.98 Å². The smallest absolute Gasteiger partial charge is 0.257 e. The Kier molecular flexibility index (Phi) is 2.77. The van der Waals surface area contributed by atoms with Crippen molar-refractivity contribution in [2.24, 2.45) is 0 Å². The minimum Gasteiger partial charge on any atom is -0.294 e. The van der Waals surface area contributed by atoms with Crippen LogP contribution >= 0.6 is 0 Å². The molecule has 1 atom stereocenters. The van der Waals surface area contributed by atoms with Crippen molar-refractivity contribution >= 4 is 0 Å². The molecule has 3 nitrogen and oxygen atoms in total. The van der Waals surface area contributed by atoms with Crippen LogP contribution in [0.4, 0.5) is 0 Å². The van der Waals surface area contributed by atoms with Gasteiger partial charge in [0.15, 0.2) is 0 Å². The number of hydrogen-bond donors (Lipinski definition) is 0. The van der Waals surface area contributed by atoms with E-state index in [1.807, 2.05) is 4.57 Å². The first kappa shape index (κ1) is 11.0. The van der Waals surface area contributed by atoms with Crippen LogP contribution in [-0.4, -0.2) is 9.55 Å². The topological polar surface area (TPSA) is 34.9 Å². The summed E-state index contributed by atoms with van der Waals surface area (Å²) < 4.78 is 1.97. The molecule has 0 amide bonds. The molecule has 0 N–H and O–H groups in total. The molecule has 0 radical (unpaired) electrons. The molecule has 0 saturated carbocycles. The zero-order chi connectivity index (χ0) is 11.8. The molecule has 0 spiro atoms. The first-order valence-corrected chi connectivity index (χ1v) is 6.90. The van der Waals surface area contributed by atoms with E-state index in [0.717, 1.165) is 49.2 Å². The number of aryl methyl sites for hydroxylation is 2. The van der Waals surface area contributed by atoms with Gasteiger partial charge in [-0.2, -0.15) is 0 Å². The standard InChI is InChI=1S/C14H20N2O/c1-10-6-5-9-13-15-12-8-4-2-3-7-11(12)14(17)16(10)13/h10H,2-9H2,1H3. The summed E-state index contributed by atoms with van der Waals surface area (Å²) in [5, 5.41) is 0. The molecule has 2 heterocycles. The van der Waals surface area contributed by atoms with Crippen LogP contribution in [0.15, 0.2) is 4.79 Å².